The lowest BCUT2D eigenvalue weighted by Crippen LogP contribution is -2.39. The number of carbonyl (C=O) groups excluding carboxylic acids is 1. The van der Waals surface area contributed by atoms with E-state index in [1.165, 1.54) is 5.56 Å². The number of aliphatic imine (C=N–C) groups is 1. The van der Waals surface area contributed by atoms with E-state index in [4.69, 9.17) is 4.74 Å². The van der Waals surface area contributed by atoms with Gasteiger partial charge in [0.25, 0.3) is 5.91 Å². The van der Waals surface area contributed by atoms with E-state index in [-0.39, 0.29) is 5.91 Å². The van der Waals surface area contributed by atoms with Crippen molar-refractivity contribution < 1.29 is 9.53 Å². The first-order valence-corrected chi connectivity index (χ1v) is 9.04. The maximum absolute atomic E-state index is 11.7. The molecule has 0 saturated carbocycles. The zero-order valence-electron chi connectivity index (χ0n) is 16.2. The summed E-state index contributed by atoms with van der Waals surface area (Å²) in [5.74, 6) is 1.57. The Balaban J connectivity index is 1.74. The van der Waals surface area contributed by atoms with Gasteiger partial charge in [0.1, 0.15) is 5.75 Å². The molecule has 6 nitrogen and oxygen atoms in total. The molecule has 144 valence electrons. The summed E-state index contributed by atoms with van der Waals surface area (Å²) in [5.41, 5.74) is 3.03. The van der Waals surface area contributed by atoms with Gasteiger partial charge in [0.2, 0.25) is 0 Å². The first kappa shape index (κ1) is 20.3. The number of hydrogen-bond acceptors (Lipinski definition) is 3. The quantitative estimate of drug-likeness (QED) is 0.492. The average molecular weight is 368 g/mol. The molecule has 0 aliphatic rings. The highest BCUT2D eigenvalue weighted by molar-refractivity contribution is 5.94. The number of methoxy groups -OCH3 is 1. The zero-order valence-corrected chi connectivity index (χ0v) is 16.2. The largest absolute Gasteiger partial charge is 0.497 e. The molecular weight excluding hydrogens is 340 g/mol. The summed E-state index contributed by atoms with van der Waals surface area (Å²) in [6.45, 7) is 1.53. The van der Waals surface area contributed by atoms with Crippen LogP contribution in [0.25, 0.3) is 0 Å². The Morgan fingerprint density at radius 1 is 1.00 bits per heavy atom. The van der Waals surface area contributed by atoms with Crippen molar-refractivity contribution in [2.45, 2.75) is 12.8 Å². The summed E-state index contributed by atoms with van der Waals surface area (Å²) in [7, 11) is 5.06. The van der Waals surface area contributed by atoms with Gasteiger partial charge in [-0.2, -0.15) is 0 Å². The van der Waals surface area contributed by atoms with Gasteiger partial charge in [-0.1, -0.05) is 24.3 Å². The molecule has 0 radical (unpaired) electrons. The smallest absolute Gasteiger partial charge is 0.251 e. The van der Waals surface area contributed by atoms with Crippen LogP contribution >= 0.6 is 0 Å². The van der Waals surface area contributed by atoms with Crippen molar-refractivity contribution in [1.29, 1.82) is 0 Å². The van der Waals surface area contributed by atoms with Crippen LogP contribution in [0.3, 0.4) is 0 Å². The summed E-state index contributed by atoms with van der Waals surface area (Å²) in [4.78, 5) is 15.9. The molecule has 6 heteroatoms. The predicted octanol–water partition coefficient (Wildman–Crippen LogP) is 2.00. The fourth-order valence-corrected chi connectivity index (χ4v) is 2.68. The number of benzene rings is 2. The Labute approximate surface area is 161 Å². The third-order valence-corrected chi connectivity index (χ3v) is 4.21. The SMILES string of the molecule is CN=C(NCCc1ccc(OC)cc1)NCCc1cccc(C(=O)NC)c1. The molecule has 2 aromatic rings. The molecule has 0 aliphatic carbocycles. The molecule has 0 unspecified atom stereocenters. The van der Waals surface area contributed by atoms with E-state index in [0.29, 0.717) is 5.56 Å². The minimum atomic E-state index is -0.0687. The van der Waals surface area contributed by atoms with Gasteiger partial charge in [0, 0.05) is 32.7 Å². The number of nitrogens with zero attached hydrogens (tertiary/aromatic N) is 1. The van der Waals surface area contributed by atoms with Crippen molar-refractivity contribution in [1.82, 2.24) is 16.0 Å². The lowest BCUT2D eigenvalue weighted by atomic mass is 10.1. The van der Waals surface area contributed by atoms with Gasteiger partial charge < -0.3 is 20.7 Å². The maximum Gasteiger partial charge on any atom is 0.251 e. The van der Waals surface area contributed by atoms with E-state index < -0.39 is 0 Å². The van der Waals surface area contributed by atoms with Crippen LogP contribution in [-0.2, 0) is 12.8 Å². The van der Waals surface area contributed by atoms with Gasteiger partial charge in [0.15, 0.2) is 5.96 Å². The topological polar surface area (TPSA) is 74.8 Å². The number of rotatable bonds is 8. The molecule has 0 bridgehead atoms. The fourth-order valence-electron chi connectivity index (χ4n) is 2.68. The van der Waals surface area contributed by atoms with Gasteiger partial charge >= 0.3 is 0 Å². The van der Waals surface area contributed by atoms with E-state index in [1.807, 2.05) is 36.4 Å². The molecule has 2 aromatic carbocycles. The van der Waals surface area contributed by atoms with Crippen LogP contribution in [0.15, 0.2) is 53.5 Å². The summed E-state index contributed by atoms with van der Waals surface area (Å²) in [6.07, 6.45) is 1.71. The van der Waals surface area contributed by atoms with Gasteiger partial charge in [-0.25, -0.2) is 0 Å². The molecule has 0 heterocycles. The molecule has 0 aliphatic heterocycles. The van der Waals surface area contributed by atoms with E-state index in [2.05, 4.69) is 33.1 Å². The Kier molecular flexibility index (Phi) is 8.16. The molecule has 2 rings (SSSR count). The molecule has 3 N–H and O–H groups in total. The van der Waals surface area contributed by atoms with Crippen molar-refractivity contribution in [2.24, 2.45) is 4.99 Å². The second kappa shape index (κ2) is 10.9. The minimum absolute atomic E-state index is 0.0687. The summed E-state index contributed by atoms with van der Waals surface area (Å²) >= 11 is 0. The van der Waals surface area contributed by atoms with Crippen LogP contribution in [-0.4, -0.2) is 46.2 Å². The highest BCUT2D eigenvalue weighted by Gasteiger charge is 2.04. The number of guanidine groups is 1. The van der Waals surface area contributed by atoms with Gasteiger partial charge in [0.05, 0.1) is 7.11 Å². The zero-order chi connectivity index (χ0) is 19.5. The van der Waals surface area contributed by atoms with Crippen LogP contribution in [0.2, 0.25) is 0 Å². The Bertz CT molecular complexity index is 757. The lowest BCUT2D eigenvalue weighted by molar-refractivity contribution is 0.0963. The van der Waals surface area contributed by atoms with Crippen molar-refractivity contribution in [3.8, 4) is 5.75 Å². The summed E-state index contributed by atoms with van der Waals surface area (Å²) in [6, 6.07) is 15.7. The van der Waals surface area contributed by atoms with Gasteiger partial charge in [-0.05, 0) is 48.2 Å². The number of nitrogens with one attached hydrogen (secondary N) is 3. The standard InChI is InChI=1S/C21H28N4O2/c1-22-20(26)18-6-4-5-17(15-18)12-14-25-21(23-2)24-13-11-16-7-9-19(27-3)10-8-16/h4-10,15H,11-14H2,1-3H3,(H,22,26)(H2,23,24,25). The van der Waals surface area contributed by atoms with Crippen LogP contribution in [0.5, 0.6) is 5.75 Å². The average Bonchev–Trinajstić information content (AvgIpc) is 2.72. The molecule has 0 atom stereocenters. The van der Waals surface area contributed by atoms with Crippen LogP contribution in [0.4, 0.5) is 0 Å². The number of amides is 1. The number of ether oxygens (including phenoxy) is 1. The van der Waals surface area contributed by atoms with Crippen LogP contribution in [0.1, 0.15) is 21.5 Å². The highest BCUT2D eigenvalue weighted by atomic mass is 16.5. The molecule has 0 spiro atoms. The molecule has 1 amide bonds. The first-order valence-electron chi connectivity index (χ1n) is 9.04. The molecular formula is C21H28N4O2. The van der Waals surface area contributed by atoms with Gasteiger partial charge in [-0.15, -0.1) is 0 Å². The van der Waals surface area contributed by atoms with E-state index in [0.717, 1.165) is 43.2 Å². The van der Waals surface area contributed by atoms with Crippen molar-refractivity contribution >= 4 is 11.9 Å². The van der Waals surface area contributed by atoms with Crippen LogP contribution < -0.4 is 20.7 Å². The maximum atomic E-state index is 11.7. The van der Waals surface area contributed by atoms with E-state index >= 15 is 0 Å². The highest BCUT2D eigenvalue weighted by Crippen LogP contribution is 2.11. The Hall–Kier alpha value is -3.02. The third-order valence-electron chi connectivity index (χ3n) is 4.21. The van der Waals surface area contributed by atoms with Crippen LogP contribution in [0, 0.1) is 0 Å². The molecule has 0 saturated heterocycles. The predicted molar refractivity (Wildman–Crippen MR) is 110 cm³/mol. The monoisotopic (exact) mass is 368 g/mol. The second-order valence-corrected chi connectivity index (χ2v) is 6.05. The van der Waals surface area contributed by atoms with Crippen molar-refractivity contribution in [3.63, 3.8) is 0 Å². The summed E-state index contributed by atoms with van der Waals surface area (Å²) < 4.78 is 5.17. The van der Waals surface area contributed by atoms with Gasteiger partial charge in [-0.3, -0.25) is 9.79 Å². The second-order valence-electron chi connectivity index (χ2n) is 6.05. The third kappa shape index (κ3) is 6.66. The lowest BCUT2D eigenvalue weighted by Gasteiger charge is -2.12. The van der Waals surface area contributed by atoms with E-state index in [1.54, 1.807) is 21.2 Å². The number of carbonyl (C=O) groups is 1. The molecule has 0 fully saturated rings. The minimum Gasteiger partial charge on any atom is -0.497 e. The van der Waals surface area contributed by atoms with Crippen molar-refractivity contribution in [2.75, 3.05) is 34.3 Å². The normalized spacial score (nSPS) is 11.0. The summed E-state index contributed by atoms with van der Waals surface area (Å²) in [5, 5.41) is 9.26. The molecule has 27 heavy (non-hydrogen) atoms. The first-order chi connectivity index (χ1) is 13.2. The van der Waals surface area contributed by atoms with Crippen molar-refractivity contribution in [3.05, 3.63) is 65.2 Å². The Morgan fingerprint density at radius 3 is 2.26 bits per heavy atom. The Morgan fingerprint density at radius 2 is 1.67 bits per heavy atom. The molecule has 0 aromatic heterocycles. The van der Waals surface area contributed by atoms with E-state index in [9.17, 15) is 4.79 Å². The number of hydrogen-bond donors (Lipinski definition) is 3. The fraction of sp³-hybridized carbons (Fsp3) is 0.333.